The highest BCUT2D eigenvalue weighted by molar-refractivity contribution is 5.50. The van der Waals surface area contributed by atoms with E-state index < -0.39 is 0 Å². The first-order chi connectivity index (χ1) is 4.37. The number of hydrogen-bond acceptors (Lipinski definition) is 2. The topological polar surface area (TPSA) is 41.1 Å². The van der Waals surface area contributed by atoms with E-state index in [9.17, 15) is 4.79 Å². The van der Waals surface area contributed by atoms with Crippen LogP contribution in [0.2, 0.25) is 0 Å². The average molecular weight is 126 g/mol. The van der Waals surface area contributed by atoms with Gasteiger partial charge < -0.3 is 10.6 Å². The standard InChI is InChI=1S/C6H10N2O/c9-4-8-6-1-5(6)2-7-3-6/h4-5,7H,1-3H2,(H,8,9). The Kier molecular flexibility index (Phi) is 0.858. The molecule has 0 aromatic carbocycles. The summed E-state index contributed by atoms with van der Waals surface area (Å²) in [5.41, 5.74) is 0.182. The molecule has 0 aromatic heterocycles. The largest absolute Gasteiger partial charge is 0.352 e. The summed E-state index contributed by atoms with van der Waals surface area (Å²) in [6, 6.07) is 0. The fourth-order valence-electron chi connectivity index (χ4n) is 1.68. The van der Waals surface area contributed by atoms with Crippen LogP contribution in [0.3, 0.4) is 0 Å². The van der Waals surface area contributed by atoms with E-state index in [-0.39, 0.29) is 5.54 Å². The molecule has 0 bridgehead atoms. The third-order valence-electron chi connectivity index (χ3n) is 2.41. The smallest absolute Gasteiger partial charge is 0.207 e. The summed E-state index contributed by atoms with van der Waals surface area (Å²) in [5.74, 6) is 0.725. The fourth-order valence-corrected chi connectivity index (χ4v) is 1.68. The summed E-state index contributed by atoms with van der Waals surface area (Å²) in [7, 11) is 0. The number of nitrogens with one attached hydrogen (secondary N) is 2. The number of hydrogen-bond donors (Lipinski definition) is 2. The van der Waals surface area contributed by atoms with Gasteiger partial charge in [-0.3, -0.25) is 4.79 Å². The van der Waals surface area contributed by atoms with Crippen molar-refractivity contribution in [1.82, 2.24) is 10.6 Å². The molecule has 2 atom stereocenters. The van der Waals surface area contributed by atoms with Gasteiger partial charge in [-0.25, -0.2) is 0 Å². The van der Waals surface area contributed by atoms with Gasteiger partial charge in [0.25, 0.3) is 0 Å². The highest BCUT2D eigenvalue weighted by Gasteiger charge is 2.57. The number of fused-ring (bicyclic) bond motifs is 1. The van der Waals surface area contributed by atoms with Crippen molar-refractivity contribution in [2.45, 2.75) is 12.0 Å². The first-order valence-electron chi connectivity index (χ1n) is 3.29. The van der Waals surface area contributed by atoms with Gasteiger partial charge >= 0.3 is 0 Å². The Bertz CT molecular complexity index is 148. The van der Waals surface area contributed by atoms with Gasteiger partial charge in [0.05, 0.1) is 5.54 Å². The second-order valence-corrected chi connectivity index (χ2v) is 2.95. The minimum Gasteiger partial charge on any atom is -0.352 e. The molecule has 9 heavy (non-hydrogen) atoms. The highest BCUT2D eigenvalue weighted by Crippen LogP contribution is 2.45. The zero-order chi connectivity index (χ0) is 6.32. The molecule has 1 aliphatic heterocycles. The number of rotatable bonds is 2. The molecule has 0 spiro atoms. The van der Waals surface area contributed by atoms with Gasteiger partial charge in [0.2, 0.25) is 6.41 Å². The molecule has 2 N–H and O–H groups in total. The summed E-state index contributed by atoms with van der Waals surface area (Å²) in [4.78, 5) is 10.1. The molecule has 2 rings (SSSR count). The molecule has 2 aliphatic rings. The van der Waals surface area contributed by atoms with Crippen LogP contribution in [0.4, 0.5) is 0 Å². The summed E-state index contributed by atoms with van der Waals surface area (Å²) >= 11 is 0. The predicted molar refractivity (Wildman–Crippen MR) is 32.9 cm³/mol. The van der Waals surface area contributed by atoms with Crippen molar-refractivity contribution in [2.24, 2.45) is 5.92 Å². The second-order valence-electron chi connectivity index (χ2n) is 2.95. The van der Waals surface area contributed by atoms with Crippen LogP contribution in [0, 0.1) is 5.92 Å². The van der Waals surface area contributed by atoms with Crippen LogP contribution in [0.5, 0.6) is 0 Å². The Labute approximate surface area is 53.8 Å². The minimum atomic E-state index is 0.182. The first kappa shape index (κ1) is 5.23. The van der Waals surface area contributed by atoms with Crippen molar-refractivity contribution >= 4 is 6.41 Å². The molecule has 1 amide bonds. The first-order valence-corrected chi connectivity index (χ1v) is 3.29. The van der Waals surface area contributed by atoms with Crippen LogP contribution < -0.4 is 10.6 Å². The van der Waals surface area contributed by atoms with E-state index in [0.717, 1.165) is 25.4 Å². The third-order valence-corrected chi connectivity index (χ3v) is 2.41. The maximum absolute atomic E-state index is 10.1. The molecule has 2 fully saturated rings. The number of piperidine rings is 1. The molecule has 1 saturated heterocycles. The summed E-state index contributed by atoms with van der Waals surface area (Å²) in [6.07, 6.45) is 1.99. The summed E-state index contributed by atoms with van der Waals surface area (Å²) in [6.45, 7) is 2.05. The van der Waals surface area contributed by atoms with E-state index >= 15 is 0 Å². The highest BCUT2D eigenvalue weighted by atomic mass is 16.1. The Balaban J connectivity index is 2.02. The Morgan fingerprint density at radius 2 is 2.67 bits per heavy atom. The van der Waals surface area contributed by atoms with Gasteiger partial charge in [0.1, 0.15) is 0 Å². The number of carbonyl (C=O) groups is 1. The van der Waals surface area contributed by atoms with E-state index in [4.69, 9.17) is 0 Å². The van der Waals surface area contributed by atoms with E-state index in [2.05, 4.69) is 10.6 Å². The van der Waals surface area contributed by atoms with E-state index in [1.165, 1.54) is 6.42 Å². The maximum atomic E-state index is 10.1. The molecule has 1 saturated carbocycles. The lowest BCUT2D eigenvalue weighted by Crippen LogP contribution is -2.35. The summed E-state index contributed by atoms with van der Waals surface area (Å²) < 4.78 is 0. The van der Waals surface area contributed by atoms with E-state index in [0.29, 0.717) is 0 Å². The predicted octanol–water partition coefficient (Wildman–Crippen LogP) is -0.906. The Hall–Kier alpha value is -0.570. The molecule has 1 heterocycles. The minimum absolute atomic E-state index is 0.182. The zero-order valence-electron chi connectivity index (χ0n) is 5.18. The van der Waals surface area contributed by atoms with Crippen LogP contribution in [-0.2, 0) is 4.79 Å². The third kappa shape index (κ3) is 0.580. The molecule has 2 unspecified atom stereocenters. The van der Waals surface area contributed by atoms with E-state index in [1.807, 2.05) is 0 Å². The normalized spacial score (nSPS) is 46.0. The molecular weight excluding hydrogens is 116 g/mol. The number of amides is 1. The monoisotopic (exact) mass is 126 g/mol. The number of carbonyl (C=O) groups excluding carboxylic acids is 1. The molecule has 1 aliphatic carbocycles. The van der Waals surface area contributed by atoms with E-state index in [1.54, 1.807) is 0 Å². The average Bonchev–Trinajstić information content (AvgIpc) is 2.37. The van der Waals surface area contributed by atoms with Crippen molar-refractivity contribution in [3.8, 4) is 0 Å². The van der Waals surface area contributed by atoms with Gasteiger partial charge in [-0.15, -0.1) is 0 Å². The maximum Gasteiger partial charge on any atom is 0.207 e. The summed E-state index contributed by atoms with van der Waals surface area (Å²) in [5, 5.41) is 6.08. The van der Waals surface area contributed by atoms with Gasteiger partial charge in [0.15, 0.2) is 0 Å². The van der Waals surface area contributed by atoms with Crippen molar-refractivity contribution in [1.29, 1.82) is 0 Å². The molecule has 3 heteroatoms. The van der Waals surface area contributed by atoms with Gasteiger partial charge in [-0.05, 0) is 12.3 Å². The second kappa shape index (κ2) is 1.48. The van der Waals surface area contributed by atoms with Crippen molar-refractivity contribution in [2.75, 3.05) is 13.1 Å². The van der Waals surface area contributed by atoms with Crippen LogP contribution >= 0.6 is 0 Å². The zero-order valence-corrected chi connectivity index (χ0v) is 5.18. The van der Waals surface area contributed by atoms with Gasteiger partial charge in [-0.1, -0.05) is 0 Å². The lowest BCUT2D eigenvalue weighted by molar-refractivity contribution is -0.110. The molecule has 3 nitrogen and oxygen atoms in total. The molecule has 0 radical (unpaired) electrons. The van der Waals surface area contributed by atoms with Crippen LogP contribution in [0.25, 0.3) is 0 Å². The van der Waals surface area contributed by atoms with Gasteiger partial charge in [-0.2, -0.15) is 0 Å². The van der Waals surface area contributed by atoms with Gasteiger partial charge in [0, 0.05) is 13.1 Å². The quantitative estimate of drug-likeness (QED) is 0.470. The van der Waals surface area contributed by atoms with Crippen molar-refractivity contribution < 1.29 is 4.79 Å². The van der Waals surface area contributed by atoms with Crippen LogP contribution in [0.1, 0.15) is 6.42 Å². The van der Waals surface area contributed by atoms with Crippen molar-refractivity contribution in [3.63, 3.8) is 0 Å². The lowest BCUT2D eigenvalue weighted by Gasteiger charge is -2.07. The van der Waals surface area contributed by atoms with Crippen molar-refractivity contribution in [3.05, 3.63) is 0 Å². The molecule has 50 valence electrons. The Morgan fingerprint density at radius 1 is 1.78 bits per heavy atom. The molecular formula is C6H10N2O. The molecule has 0 aromatic rings. The SMILES string of the molecule is O=CNC12CNCC1C2. The van der Waals surface area contributed by atoms with Crippen LogP contribution in [0.15, 0.2) is 0 Å². The Morgan fingerprint density at radius 3 is 3.11 bits per heavy atom. The lowest BCUT2D eigenvalue weighted by atomic mass is 10.2. The van der Waals surface area contributed by atoms with Crippen LogP contribution in [-0.4, -0.2) is 25.0 Å². The fraction of sp³-hybridized carbons (Fsp3) is 0.833.